The lowest BCUT2D eigenvalue weighted by molar-refractivity contribution is -0.136. The van der Waals surface area contributed by atoms with Crippen LogP contribution in [0.5, 0.6) is 0 Å². The third kappa shape index (κ3) is 4.33. The highest BCUT2D eigenvalue weighted by atomic mass is 35.5. The monoisotopic (exact) mass is 461 g/mol. The van der Waals surface area contributed by atoms with Crippen LogP contribution in [0.2, 0.25) is 5.02 Å². The molecule has 0 aliphatic carbocycles. The number of fused-ring (bicyclic) bond motifs is 1. The molecular formula is C23H28ClN3O5. The predicted octanol–water partition coefficient (Wildman–Crippen LogP) is 3.22. The summed E-state index contributed by atoms with van der Waals surface area (Å²) in [5, 5.41) is 2.87. The fourth-order valence-electron chi connectivity index (χ4n) is 4.64. The van der Waals surface area contributed by atoms with Gasteiger partial charge in [0, 0.05) is 42.2 Å². The van der Waals surface area contributed by atoms with Gasteiger partial charge in [-0.1, -0.05) is 17.7 Å². The van der Waals surface area contributed by atoms with Crippen LogP contribution in [0.3, 0.4) is 0 Å². The van der Waals surface area contributed by atoms with Gasteiger partial charge in [-0.2, -0.15) is 0 Å². The van der Waals surface area contributed by atoms with Crippen LogP contribution < -0.4 is 5.32 Å². The number of amides is 4. The lowest BCUT2D eigenvalue weighted by atomic mass is 9.88. The van der Waals surface area contributed by atoms with E-state index < -0.39 is 17.6 Å². The number of carbonyl (C=O) groups excluding carboxylic acids is 4. The van der Waals surface area contributed by atoms with Crippen molar-refractivity contribution in [2.24, 2.45) is 0 Å². The summed E-state index contributed by atoms with van der Waals surface area (Å²) in [4.78, 5) is 52.2. The van der Waals surface area contributed by atoms with E-state index in [2.05, 4.69) is 5.32 Å². The molecule has 0 saturated carbocycles. The van der Waals surface area contributed by atoms with Crippen molar-refractivity contribution in [2.45, 2.75) is 70.6 Å². The number of imide groups is 1. The molecule has 32 heavy (non-hydrogen) atoms. The number of hydrogen-bond donors (Lipinski definition) is 1. The molecule has 0 aromatic heterocycles. The molecule has 4 rings (SSSR count). The molecule has 8 nitrogen and oxygen atoms in total. The van der Waals surface area contributed by atoms with E-state index in [1.165, 1.54) is 4.90 Å². The second-order valence-corrected chi connectivity index (χ2v) is 10.0. The Morgan fingerprint density at radius 1 is 1.12 bits per heavy atom. The largest absolute Gasteiger partial charge is 0.444 e. The topological polar surface area (TPSA) is 96.0 Å². The Morgan fingerprint density at radius 2 is 1.81 bits per heavy atom. The molecule has 1 atom stereocenters. The van der Waals surface area contributed by atoms with Gasteiger partial charge in [0.05, 0.1) is 0 Å². The molecule has 0 spiro atoms. The number of nitrogens with zero attached hydrogens (tertiary/aromatic N) is 2. The maximum Gasteiger partial charge on any atom is 0.410 e. The van der Waals surface area contributed by atoms with E-state index in [-0.39, 0.29) is 36.8 Å². The van der Waals surface area contributed by atoms with E-state index >= 15 is 0 Å². The van der Waals surface area contributed by atoms with Crippen LogP contribution in [-0.4, -0.2) is 58.3 Å². The third-order valence-corrected chi connectivity index (χ3v) is 6.71. The molecule has 0 bridgehead atoms. The van der Waals surface area contributed by atoms with Crippen LogP contribution >= 0.6 is 11.6 Å². The Balaban J connectivity index is 1.46. The Hall–Kier alpha value is -2.61. The summed E-state index contributed by atoms with van der Waals surface area (Å²) in [6, 6.07) is 3.01. The summed E-state index contributed by atoms with van der Waals surface area (Å²) in [5.41, 5.74) is 1.67. The molecule has 1 aromatic rings. The summed E-state index contributed by atoms with van der Waals surface area (Å²) in [7, 11) is 0. The quantitative estimate of drug-likeness (QED) is 0.682. The molecule has 0 radical (unpaired) electrons. The number of hydrogen-bond acceptors (Lipinski definition) is 5. The number of nitrogens with one attached hydrogen (secondary N) is 1. The second-order valence-electron chi connectivity index (χ2n) is 9.64. The zero-order valence-corrected chi connectivity index (χ0v) is 19.3. The number of ether oxygens (including phenoxy) is 1. The van der Waals surface area contributed by atoms with Crippen LogP contribution in [0.4, 0.5) is 4.79 Å². The first kappa shape index (κ1) is 22.6. The van der Waals surface area contributed by atoms with Gasteiger partial charge in [-0.15, -0.1) is 0 Å². The molecule has 3 heterocycles. The molecule has 2 saturated heterocycles. The van der Waals surface area contributed by atoms with E-state index in [1.54, 1.807) is 11.0 Å². The van der Waals surface area contributed by atoms with Gasteiger partial charge in [0.25, 0.3) is 5.91 Å². The standard InChI is InChI=1S/C23H28ClN3O5/c1-23(2,3)32-22(31)26-10-8-13(9-11-26)14-4-5-15-16(19(14)24)12-27(21(15)30)17-6-7-18(28)25-20(17)29/h4-5,13,17H,6-12H2,1-3H3,(H,25,28,29). The normalized spacial score (nSPS) is 22.1. The molecule has 1 unspecified atom stereocenters. The number of benzene rings is 1. The van der Waals surface area contributed by atoms with Gasteiger partial charge in [0.15, 0.2) is 0 Å². The van der Waals surface area contributed by atoms with Gasteiger partial charge in [-0.05, 0) is 57.6 Å². The number of piperidine rings is 2. The average molecular weight is 462 g/mol. The number of rotatable bonds is 2. The highest BCUT2D eigenvalue weighted by molar-refractivity contribution is 6.33. The maximum atomic E-state index is 12.9. The summed E-state index contributed by atoms with van der Waals surface area (Å²) >= 11 is 6.76. The summed E-state index contributed by atoms with van der Waals surface area (Å²) < 4.78 is 5.46. The fourth-order valence-corrected chi connectivity index (χ4v) is 5.02. The Morgan fingerprint density at radius 3 is 2.44 bits per heavy atom. The molecule has 4 amide bonds. The molecule has 3 aliphatic heterocycles. The van der Waals surface area contributed by atoms with Crippen LogP contribution in [0.15, 0.2) is 12.1 Å². The molecule has 1 aromatic carbocycles. The Kier molecular flexibility index (Phi) is 5.92. The van der Waals surface area contributed by atoms with E-state index in [1.807, 2.05) is 26.8 Å². The molecule has 172 valence electrons. The third-order valence-electron chi connectivity index (χ3n) is 6.27. The SMILES string of the molecule is CC(C)(C)OC(=O)N1CCC(c2ccc3c(c2Cl)CN(C2CCC(=O)NC2=O)C3=O)CC1. The first-order chi connectivity index (χ1) is 15.0. The first-order valence-corrected chi connectivity index (χ1v) is 11.4. The van der Waals surface area contributed by atoms with Crippen LogP contribution in [0.1, 0.15) is 73.9 Å². The number of likely N-dealkylation sites (tertiary alicyclic amines) is 1. The first-order valence-electron chi connectivity index (χ1n) is 11.0. The van der Waals surface area contributed by atoms with Crippen molar-refractivity contribution in [3.8, 4) is 0 Å². The zero-order valence-electron chi connectivity index (χ0n) is 18.6. The summed E-state index contributed by atoms with van der Waals surface area (Å²) in [6.45, 7) is 6.95. The highest BCUT2D eigenvalue weighted by Gasteiger charge is 2.40. The van der Waals surface area contributed by atoms with Crippen molar-refractivity contribution in [1.82, 2.24) is 15.1 Å². The van der Waals surface area contributed by atoms with Crippen LogP contribution in [-0.2, 0) is 20.9 Å². The predicted molar refractivity (Wildman–Crippen MR) is 117 cm³/mol. The van der Waals surface area contributed by atoms with Crippen molar-refractivity contribution in [2.75, 3.05) is 13.1 Å². The van der Waals surface area contributed by atoms with E-state index in [0.717, 1.165) is 24.0 Å². The minimum Gasteiger partial charge on any atom is -0.444 e. The highest BCUT2D eigenvalue weighted by Crippen LogP contribution is 2.40. The van der Waals surface area contributed by atoms with Gasteiger partial charge < -0.3 is 14.5 Å². The van der Waals surface area contributed by atoms with E-state index in [9.17, 15) is 19.2 Å². The van der Waals surface area contributed by atoms with Crippen LogP contribution in [0.25, 0.3) is 0 Å². The minimum atomic E-state index is -0.663. The summed E-state index contributed by atoms with van der Waals surface area (Å²) in [5.74, 6) is -0.810. The molecule has 9 heteroatoms. The van der Waals surface area contributed by atoms with E-state index in [4.69, 9.17) is 16.3 Å². The minimum absolute atomic E-state index is 0.172. The van der Waals surface area contributed by atoms with Gasteiger partial charge in [0.1, 0.15) is 11.6 Å². The Labute approximate surface area is 192 Å². The van der Waals surface area contributed by atoms with E-state index in [0.29, 0.717) is 30.1 Å². The smallest absolute Gasteiger partial charge is 0.410 e. The molecular weight excluding hydrogens is 434 g/mol. The zero-order chi connectivity index (χ0) is 23.2. The molecule has 1 N–H and O–H groups in total. The van der Waals surface area contributed by atoms with Crippen LogP contribution in [0, 0.1) is 0 Å². The van der Waals surface area contributed by atoms with Gasteiger partial charge >= 0.3 is 6.09 Å². The van der Waals surface area contributed by atoms with Crippen molar-refractivity contribution < 1.29 is 23.9 Å². The van der Waals surface area contributed by atoms with Crippen molar-refractivity contribution in [1.29, 1.82) is 0 Å². The van der Waals surface area contributed by atoms with Gasteiger partial charge in [-0.25, -0.2) is 4.79 Å². The van der Waals surface area contributed by atoms with Gasteiger partial charge in [0.2, 0.25) is 11.8 Å². The van der Waals surface area contributed by atoms with Crippen molar-refractivity contribution in [3.63, 3.8) is 0 Å². The average Bonchev–Trinajstić information content (AvgIpc) is 3.05. The van der Waals surface area contributed by atoms with Gasteiger partial charge in [-0.3, -0.25) is 19.7 Å². The lowest BCUT2D eigenvalue weighted by Gasteiger charge is -2.34. The van der Waals surface area contributed by atoms with Crippen molar-refractivity contribution >= 4 is 35.4 Å². The molecule has 3 aliphatic rings. The lowest BCUT2D eigenvalue weighted by Crippen LogP contribution is -2.52. The van der Waals surface area contributed by atoms with Crippen molar-refractivity contribution in [3.05, 3.63) is 33.8 Å². The number of carbonyl (C=O) groups is 4. The molecule has 2 fully saturated rings. The number of halogens is 1. The maximum absolute atomic E-state index is 12.9. The Bertz CT molecular complexity index is 979. The fraction of sp³-hybridized carbons (Fsp3) is 0.565. The summed E-state index contributed by atoms with van der Waals surface area (Å²) in [6.07, 6.45) is 1.73. The second kappa shape index (κ2) is 8.39.